The molecule has 2 nitrogen and oxygen atoms in total. The number of hydrogen-bond acceptors (Lipinski definition) is 2. The average Bonchev–Trinajstić information content (AvgIpc) is 2.26. The molecule has 1 aromatic carbocycles. The fraction of sp³-hybridized carbons (Fsp3) is 0.538. The molecule has 0 aromatic heterocycles. The Balaban J connectivity index is 2.54. The quantitative estimate of drug-likeness (QED) is 0.729. The fourth-order valence-corrected chi connectivity index (χ4v) is 1.47. The first-order valence-electron chi connectivity index (χ1n) is 5.58. The van der Waals surface area contributed by atoms with E-state index in [2.05, 4.69) is 62.1 Å². The van der Waals surface area contributed by atoms with Gasteiger partial charge in [0.15, 0.2) is 0 Å². The molecule has 0 spiro atoms. The highest BCUT2D eigenvalue weighted by atomic mass is 15.1. The normalized spacial score (nSPS) is 10.7. The van der Waals surface area contributed by atoms with Crippen molar-refractivity contribution >= 4 is 5.69 Å². The number of benzene rings is 1. The SMILES string of the molecule is CCc1ccc(N(C)CCN(C)C)cc1. The van der Waals surface area contributed by atoms with Gasteiger partial charge >= 0.3 is 0 Å². The van der Waals surface area contributed by atoms with Crippen LogP contribution in [0.3, 0.4) is 0 Å². The summed E-state index contributed by atoms with van der Waals surface area (Å²) in [5.41, 5.74) is 2.70. The van der Waals surface area contributed by atoms with Gasteiger partial charge < -0.3 is 9.80 Å². The minimum absolute atomic E-state index is 1.07. The molecule has 1 rings (SSSR count). The highest BCUT2D eigenvalue weighted by Gasteiger charge is 2.00. The van der Waals surface area contributed by atoms with Gasteiger partial charge in [-0.15, -0.1) is 0 Å². The van der Waals surface area contributed by atoms with Crippen LogP contribution < -0.4 is 4.90 Å². The van der Waals surface area contributed by atoms with E-state index in [1.165, 1.54) is 11.3 Å². The van der Waals surface area contributed by atoms with Gasteiger partial charge in [0.2, 0.25) is 0 Å². The second kappa shape index (κ2) is 5.76. The van der Waals surface area contributed by atoms with Crippen LogP contribution in [0.5, 0.6) is 0 Å². The van der Waals surface area contributed by atoms with Crippen molar-refractivity contribution in [2.24, 2.45) is 0 Å². The van der Waals surface area contributed by atoms with Crippen LogP contribution in [0.15, 0.2) is 24.3 Å². The number of rotatable bonds is 5. The summed E-state index contributed by atoms with van der Waals surface area (Å²) in [7, 11) is 6.35. The van der Waals surface area contributed by atoms with E-state index in [0.717, 1.165) is 19.5 Å². The molecule has 0 aliphatic rings. The van der Waals surface area contributed by atoms with Crippen molar-refractivity contribution < 1.29 is 0 Å². The van der Waals surface area contributed by atoms with Crippen molar-refractivity contribution in [1.29, 1.82) is 0 Å². The molecule has 1 aromatic rings. The Morgan fingerprint density at radius 2 is 1.53 bits per heavy atom. The first-order chi connectivity index (χ1) is 7.13. The minimum atomic E-state index is 1.07. The van der Waals surface area contributed by atoms with Gasteiger partial charge in [0, 0.05) is 25.8 Å². The number of likely N-dealkylation sites (N-methyl/N-ethyl adjacent to an activating group) is 2. The third-order valence-electron chi connectivity index (χ3n) is 2.67. The smallest absolute Gasteiger partial charge is 0.0364 e. The first kappa shape index (κ1) is 12.1. The second-order valence-corrected chi connectivity index (χ2v) is 4.24. The number of nitrogens with zero attached hydrogens (tertiary/aromatic N) is 2. The predicted octanol–water partition coefficient (Wildman–Crippen LogP) is 2.25. The molecule has 0 N–H and O–H groups in total. The summed E-state index contributed by atoms with van der Waals surface area (Å²) in [5, 5.41) is 0. The van der Waals surface area contributed by atoms with Crippen molar-refractivity contribution in [3.8, 4) is 0 Å². The van der Waals surface area contributed by atoms with Crippen LogP contribution >= 0.6 is 0 Å². The topological polar surface area (TPSA) is 6.48 Å². The Labute approximate surface area is 93.5 Å². The summed E-state index contributed by atoms with van der Waals surface area (Å²) >= 11 is 0. The van der Waals surface area contributed by atoms with Gasteiger partial charge in [0.25, 0.3) is 0 Å². The second-order valence-electron chi connectivity index (χ2n) is 4.24. The Bertz CT molecular complexity index is 277. The van der Waals surface area contributed by atoms with Crippen LogP contribution in [0.2, 0.25) is 0 Å². The third kappa shape index (κ3) is 3.92. The van der Waals surface area contributed by atoms with Gasteiger partial charge in [-0.05, 0) is 38.2 Å². The van der Waals surface area contributed by atoms with Crippen molar-refractivity contribution in [2.75, 3.05) is 39.1 Å². The van der Waals surface area contributed by atoms with E-state index >= 15 is 0 Å². The summed E-state index contributed by atoms with van der Waals surface area (Å²) in [4.78, 5) is 4.50. The molecular formula is C13H22N2. The summed E-state index contributed by atoms with van der Waals surface area (Å²) in [6.45, 7) is 4.34. The maximum atomic E-state index is 2.29. The summed E-state index contributed by atoms with van der Waals surface area (Å²) < 4.78 is 0. The zero-order valence-electron chi connectivity index (χ0n) is 10.3. The number of anilines is 1. The zero-order valence-corrected chi connectivity index (χ0v) is 10.3. The monoisotopic (exact) mass is 206 g/mol. The van der Waals surface area contributed by atoms with Crippen LogP contribution in [0, 0.1) is 0 Å². The highest BCUT2D eigenvalue weighted by molar-refractivity contribution is 5.46. The Kier molecular flexibility index (Phi) is 4.63. The van der Waals surface area contributed by atoms with Gasteiger partial charge in [-0.2, -0.15) is 0 Å². The van der Waals surface area contributed by atoms with Crippen LogP contribution in [-0.2, 0) is 6.42 Å². The molecule has 0 heterocycles. The lowest BCUT2D eigenvalue weighted by atomic mass is 10.1. The van der Waals surface area contributed by atoms with Crippen LogP contribution in [0.1, 0.15) is 12.5 Å². The van der Waals surface area contributed by atoms with Crippen molar-refractivity contribution in [2.45, 2.75) is 13.3 Å². The summed E-state index contributed by atoms with van der Waals surface area (Å²) in [6.07, 6.45) is 1.11. The Morgan fingerprint density at radius 3 is 2.00 bits per heavy atom. The van der Waals surface area contributed by atoms with E-state index in [9.17, 15) is 0 Å². The standard InChI is InChI=1S/C13H22N2/c1-5-12-6-8-13(9-7-12)15(4)11-10-14(2)3/h6-9H,5,10-11H2,1-4H3. The summed E-state index contributed by atoms with van der Waals surface area (Å²) in [6, 6.07) is 8.83. The van der Waals surface area contributed by atoms with Crippen molar-refractivity contribution in [3.63, 3.8) is 0 Å². The molecule has 0 amide bonds. The lowest BCUT2D eigenvalue weighted by molar-refractivity contribution is 0.416. The lowest BCUT2D eigenvalue weighted by Crippen LogP contribution is -2.28. The molecule has 0 bridgehead atoms. The largest absolute Gasteiger partial charge is 0.373 e. The molecule has 0 aliphatic carbocycles. The Hall–Kier alpha value is -1.02. The predicted molar refractivity (Wildman–Crippen MR) is 67.6 cm³/mol. The molecule has 2 heteroatoms. The van der Waals surface area contributed by atoms with Gasteiger partial charge in [0.05, 0.1) is 0 Å². The summed E-state index contributed by atoms with van der Waals surface area (Å²) in [5.74, 6) is 0. The molecule has 0 fully saturated rings. The van der Waals surface area contributed by atoms with E-state index < -0.39 is 0 Å². The van der Waals surface area contributed by atoms with E-state index in [4.69, 9.17) is 0 Å². The van der Waals surface area contributed by atoms with Crippen molar-refractivity contribution in [3.05, 3.63) is 29.8 Å². The zero-order chi connectivity index (χ0) is 11.3. The molecule has 0 atom stereocenters. The molecule has 84 valence electrons. The molecule has 0 radical (unpaired) electrons. The highest BCUT2D eigenvalue weighted by Crippen LogP contribution is 2.13. The fourth-order valence-electron chi connectivity index (χ4n) is 1.47. The van der Waals surface area contributed by atoms with E-state index in [1.807, 2.05) is 0 Å². The van der Waals surface area contributed by atoms with E-state index in [1.54, 1.807) is 0 Å². The number of aryl methyl sites for hydroxylation is 1. The molecule has 0 aliphatic heterocycles. The Morgan fingerprint density at radius 1 is 0.933 bits per heavy atom. The van der Waals surface area contributed by atoms with E-state index in [-0.39, 0.29) is 0 Å². The first-order valence-corrected chi connectivity index (χ1v) is 5.58. The van der Waals surface area contributed by atoms with Crippen LogP contribution in [0.4, 0.5) is 5.69 Å². The molecule has 0 unspecified atom stereocenters. The minimum Gasteiger partial charge on any atom is -0.373 e. The maximum absolute atomic E-state index is 2.29. The van der Waals surface area contributed by atoms with Gasteiger partial charge in [0.1, 0.15) is 0 Å². The third-order valence-corrected chi connectivity index (χ3v) is 2.67. The molecule has 0 saturated heterocycles. The maximum Gasteiger partial charge on any atom is 0.0364 e. The number of hydrogen-bond donors (Lipinski definition) is 0. The van der Waals surface area contributed by atoms with Crippen LogP contribution in [0.25, 0.3) is 0 Å². The van der Waals surface area contributed by atoms with Crippen molar-refractivity contribution in [1.82, 2.24) is 4.90 Å². The lowest BCUT2D eigenvalue weighted by Gasteiger charge is -2.21. The van der Waals surface area contributed by atoms with E-state index in [0.29, 0.717) is 0 Å². The molecule has 0 saturated carbocycles. The van der Waals surface area contributed by atoms with Gasteiger partial charge in [-0.3, -0.25) is 0 Å². The molecule has 15 heavy (non-hydrogen) atoms. The van der Waals surface area contributed by atoms with Gasteiger partial charge in [-0.1, -0.05) is 19.1 Å². The average molecular weight is 206 g/mol. The van der Waals surface area contributed by atoms with Crippen LogP contribution in [-0.4, -0.2) is 39.1 Å². The molecular weight excluding hydrogens is 184 g/mol. The van der Waals surface area contributed by atoms with Gasteiger partial charge in [-0.25, -0.2) is 0 Å².